The highest BCUT2D eigenvalue weighted by Gasteiger charge is 2.25. The van der Waals surface area contributed by atoms with E-state index in [-0.39, 0.29) is 76.0 Å². The van der Waals surface area contributed by atoms with Crippen LogP contribution in [0.3, 0.4) is 0 Å². The molecule has 8 N–H and O–H groups in total. The predicted octanol–water partition coefficient (Wildman–Crippen LogP) is 6.49. The van der Waals surface area contributed by atoms with Crippen molar-refractivity contribution in [2.45, 2.75) is 87.5 Å². The first-order valence-corrected chi connectivity index (χ1v) is 25.8. The first-order chi connectivity index (χ1) is 33.2. The summed E-state index contributed by atoms with van der Waals surface area (Å²) in [7, 11) is -14.0. The molecule has 2 atom stereocenters. The highest BCUT2D eigenvalue weighted by atomic mass is 32.2. The third-order valence-corrected chi connectivity index (χ3v) is 13.6. The molecule has 22 nitrogen and oxygen atoms in total. The summed E-state index contributed by atoms with van der Waals surface area (Å²) >= 11 is 0. The van der Waals surface area contributed by atoms with E-state index < -0.39 is 70.8 Å². The summed E-state index contributed by atoms with van der Waals surface area (Å²) in [4.78, 5) is 48.7. The van der Waals surface area contributed by atoms with Gasteiger partial charge in [-0.1, -0.05) is 55.5 Å². The number of nitrogens with one attached hydrogen (secondary N) is 3. The Kier molecular flexibility index (Phi) is 16.3. The normalized spacial score (nSPS) is 12.9. The number of aliphatic carboxylic acids is 2. The second-order valence-corrected chi connectivity index (χ2v) is 20.8. The molecule has 4 aromatic carbocycles. The van der Waals surface area contributed by atoms with Gasteiger partial charge in [-0.25, -0.2) is 4.98 Å². The summed E-state index contributed by atoms with van der Waals surface area (Å²) in [5.41, 5.74) is 4.06. The van der Waals surface area contributed by atoms with Gasteiger partial charge < -0.3 is 26.2 Å². The Morgan fingerprint density at radius 1 is 0.634 bits per heavy atom. The van der Waals surface area contributed by atoms with Gasteiger partial charge in [0.15, 0.2) is 0 Å². The molecule has 0 bridgehead atoms. The molecule has 2 heterocycles. The van der Waals surface area contributed by atoms with Crippen molar-refractivity contribution in [2.75, 3.05) is 16.0 Å². The number of hydrogen-bond donors (Lipinski definition) is 8. The van der Waals surface area contributed by atoms with Gasteiger partial charge >= 0.3 is 11.9 Å². The Labute approximate surface area is 409 Å². The lowest BCUT2D eigenvalue weighted by atomic mass is 10.0. The van der Waals surface area contributed by atoms with Gasteiger partial charge in [0.05, 0.1) is 22.9 Å². The van der Waals surface area contributed by atoms with Crippen molar-refractivity contribution in [1.82, 2.24) is 29.9 Å². The molecule has 2 aromatic heterocycles. The summed E-state index contributed by atoms with van der Waals surface area (Å²) < 4.78 is 103. The zero-order valence-corrected chi connectivity index (χ0v) is 41.1. The molecule has 6 rings (SSSR count). The van der Waals surface area contributed by atoms with Crippen molar-refractivity contribution in [3.8, 4) is 0 Å². The van der Waals surface area contributed by atoms with Gasteiger partial charge in [-0.2, -0.15) is 50.2 Å². The van der Waals surface area contributed by atoms with Crippen LogP contribution in [-0.4, -0.2) is 97.0 Å². The van der Waals surface area contributed by atoms with E-state index >= 15 is 0 Å². The first kappa shape index (κ1) is 53.1. The van der Waals surface area contributed by atoms with Gasteiger partial charge in [0, 0.05) is 31.0 Å². The van der Waals surface area contributed by atoms with Gasteiger partial charge in [-0.3, -0.25) is 23.2 Å². The molecule has 0 aliphatic carbocycles. The summed E-state index contributed by atoms with van der Waals surface area (Å²) in [6, 6.07) is 17.6. The predicted molar refractivity (Wildman–Crippen MR) is 261 cm³/mol. The van der Waals surface area contributed by atoms with Crippen molar-refractivity contribution in [3.05, 3.63) is 129 Å². The second kappa shape index (κ2) is 21.8. The van der Waals surface area contributed by atoms with E-state index in [1.807, 2.05) is 13.8 Å². The standard InChI is InChI=1S/C46H49N9O13S3/c1-6-28(5)47-44-53-41(21-32-20-35(69(60,61)62)15-8-26(32)3)54-45(55-44)48-34-14-13-31(38(24-34)71(66,67)68)12-11-30-10-9-29(18-27(30)4)19-39-50-40(22-33(43(58)59)23-42(56)57)52-46(51-39)49-36-17-25(2)7-16-37(36)70(63,64)65/h7-18,20,24,28,33H,6,19,21-23H2,1-5H3,(H,56,57)(H,58,59)(H,60,61,62)(H,63,64,65)(H,66,67,68)(H,49,50,51,52)(H2,47,48,53,54,55)/b12-11+. The van der Waals surface area contributed by atoms with Crippen molar-refractivity contribution < 1.29 is 58.7 Å². The molecule has 0 aliphatic rings. The van der Waals surface area contributed by atoms with Crippen LogP contribution in [0.1, 0.15) is 83.1 Å². The fourth-order valence-electron chi connectivity index (χ4n) is 7.07. The molecule has 0 fully saturated rings. The lowest BCUT2D eigenvalue weighted by molar-refractivity contribution is -0.148. The van der Waals surface area contributed by atoms with Crippen LogP contribution in [0.15, 0.2) is 87.5 Å². The van der Waals surface area contributed by atoms with Crippen molar-refractivity contribution >= 4 is 83.7 Å². The van der Waals surface area contributed by atoms with Crippen LogP contribution in [0.25, 0.3) is 12.2 Å². The maximum Gasteiger partial charge on any atom is 0.307 e. The quantitative estimate of drug-likeness (QED) is 0.0282. The molecule has 2 unspecified atom stereocenters. The number of aryl methyl sites for hydroxylation is 3. The minimum atomic E-state index is -4.81. The number of carboxylic acid groups (broad SMARTS) is 2. The number of carbonyl (C=O) groups is 2. The fourth-order valence-corrected chi connectivity index (χ4v) is 8.94. The molecular weight excluding hydrogens is 983 g/mol. The molecule has 0 radical (unpaired) electrons. The molecule has 6 aromatic rings. The number of anilines is 5. The van der Waals surface area contributed by atoms with E-state index in [1.54, 1.807) is 57.2 Å². The zero-order valence-electron chi connectivity index (χ0n) is 38.7. The molecule has 0 aliphatic heterocycles. The van der Waals surface area contributed by atoms with E-state index in [0.717, 1.165) is 0 Å². The highest BCUT2D eigenvalue weighted by Crippen LogP contribution is 2.28. The average Bonchev–Trinajstić information content (AvgIpc) is 3.25. The van der Waals surface area contributed by atoms with Gasteiger partial charge in [-0.05, 0) is 109 Å². The Hall–Kier alpha value is -7.29. The number of rotatable bonds is 21. The number of nitrogens with zero attached hydrogens (tertiary/aromatic N) is 6. The Balaban J connectivity index is 1.27. The summed E-state index contributed by atoms with van der Waals surface area (Å²) in [5.74, 6) is -3.96. The van der Waals surface area contributed by atoms with Crippen molar-refractivity contribution in [3.63, 3.8) is 0 Å². The Morgan fingerprint density at radius 3 is 1.90 bits per heavy atom. The maximum atomic E-state index is 12.8. The van der Waals surface area contributed by atoms with Crippen molar-refractivity contribution in [1.29, 1.82) is 0 Å². The number of hydrogen-bond acceptors (Lipinski definition) is 17. The minimum absolute atomic E-state index is 0.00534. The van der Waals surface area contributed by atoms with E-state index in [4.69, 9.17) is 0 Å². The van der Waals surface area contributed by atoms with Crippen LogP contribution < -0.4 is 16.0 Å². The molecule has 0 saturated carbocycles. The Bertz CT molecular complexity index is 3410. The number of aromatic nitrogens is 6. The monoisotopic (exact) mass is 1030 g/mol. The minimum Gasteiger partial charge on any atom is -0.481 e. The fraction of sp³-hybridized carbons (Fsp3) is 0.261. The summed E-state index contributed by atoms with van der Waals surface area (Å²) in [5, 5.41) is 28.0. The second-order valence-electron chi connectivity index (χ2n) is 16.6. The van der Waals surface area contributed by atoms with Gasteiger partial charge in [0.1, 0.15) is 27.3 Å². The number of benzene rings is 4. The smallest absolute Gasteiger partial charge is 0.307 e. The van der Waals surface area contributed by atoms with Gasteiger partial charge in [-0.15, -0.1) is 0 Å². The number of carboxylic acids is 2. The maximum absolute atomic E-state index is 12.8. The molecule has 71 heavy (non-hydrogen) atoms. The largest absolute Gasteiger partial charge is 0.481 e. The molecule has 374 valence electrons. The molecule has 0 spiro atoms. The third kappa shape index (κ3) is 14.6. The van der Waals surface area contributed by atoms with E-state index in [1.165, 1.54) is 48.5 Å². The van der Waals surface area contributed by atoms with Crippen LogP contribution in [-0.2, 0) is 59.2 Å². The van der Waals surface area contributed by atoms with Crippen LogP contribution in [0.2, 0.25) is 0 Å². The van der Waals surface area contributed by atoms with Gasteiger partial charge in [0.2, 0.25) is 17.8 Å². The van der Waals surface area contributed by atoms with Gasteiger partial charge in [0.25, 0.3) is 30.4 Å². The van der Waals surface area contributed by atoms with Crippen LogP contribution >= 0.6 is 0 Å². The van der Waals surface area contributed by atoms with E-state index in [2.05, 4.69) is 45.9 Å². The lowest BCUT2D eigenvalue weighted by Crippen LogP contribution is -2.22. The molecule has 25 heteroatoms. The first-order valence-electron chi connectivity index (χ1n) is 21.5. The topological polar surface area (TPSA) is 351 Å². The van der Waals surface area contributed by atoms with Crippen LogP contribution in [0.4, 0.5) is 29.2 Å². The highest BCUT2D eigenvalue weighted by molar-refractivity contribution is 7.86. The molecular formula is C46H49N9O13S3. The van der Waals surface area contributed by atoms with E-state index in [0.29, 0.717) is 39.8 Å². The van der Waals surface area contributed by atoms with Crippen LogP contribution in [0, 0.1) is 26.7 Å². The Morgan fingerprint density at radius 2 is 1.27 bits per heavy atom. The third-order valence-electron chi connectivity index (χ3n) is 10.9. The average molecular weight is 1030 g/mol. The molecule has 0 saturated heterocycles. The zero-order chi connectivity index (χ0) is 52.0. The SMILES string of the molecule is CCC(C)Nc1nc(Cc2cc(S(=O)(=O)O)ccc2C)nc(Nc2ccc(/C=C/c3ccc(Cc4nc(CC(CC(=O)O)C(=O)O)nc(Nc5cc(C)ccc5S(=O)(=O)O)n4)cc3C)c(S(=O)(=O)O)c2)n1. The lowest BCUT2D eigenvalue weighted by Gasteiger charge is -2.15. The van der Waals surface area contributed by atoms with Crippen molar-refractivity contribution in [2.24, 2.45) is 5.92 Å². The van der Waals surface area contributed by atoms with E-state index in [9.17, 15) is 58.7 Å². The molecule has 0 amide bonds. The van der Waals surface area contributed by atoms with Crippen LogP contribution in [0.5, 0.6) is 0 Å². The summed E-state index contributed by atoms with van der Waals surface area (Å²) in [6.45, 7) is 9.09. The summed E-state index contributed by atoms with van der Waals surface area (Å²) in [6.07, 6.45) is 2.77.